The highest BCUT2D eigenvalue weighted by Crippen LogP contribution is 2.47. The predicted octanol–water partition coefficient (Wildman–Crippen LogP) is 9.00. The fourth-order valence-electron chi connectivity index (χ4n) is 6.01. The van der Waals surface area contributed by atoms with Crippen molar-refractivity contribution in [2.75, 3.05) is 0 Å². The molecule has 2 fully saturated rings. The van der Waals surface area contributed by atoms with Gasteiger partial charge in [-0.15, -0.1) is 11.3 Å². The Morgan fingerprint density at radius 2 is 1.55 bits per heavy atom. The highest BCUT2D eigenvalue weighted by molar-refractivity contribution is 7.11. The molecule has 1 aromatic rings. The summed E-state index contributed by atoms with van der Waals surface area (Å²) in [6, 6.07) is 0. The highest BCUT2D eigenvalue weighted by atomic mass is 32.1. The summed E-state index contributed by atoms with van der Waals surface area (Å²) in [4.78, 5) is 18.5. The minimum absolute atomic E-state index is 0.0430. The number of hydrogen-bond acceptors (Lipinski definition) is 4. The Hall–Kier alpha value is -0.900. The normalized spacial score (nSPS) is 25.0. The van der Waals surface area contributed by atoms with Crippen LogP contribution in [0.2, 0.25) is 0 Å². The number of aromatic nitrogens is 1. The number of carbonyl (C=O) groups is 1. The standard InChI is InChI=1S/C29H49NO2S/c1-3-5-7-9-10-11-12-14-28-30-22-27(33-28)25-17-16-24-21-26(19-18-23(24)20-25)32-29(31)15-13-8-6-4-2/h22-26H,3-21H2,1-2H3. The summed E-state index contributed by atoms with van der Waals surface area (Å²) in [5.74, 6) is 2.33. The van der Waals surface area contributed by atoms with Crippen LogP contribution >= 0.6 is 11.3 Å². The molecular weight excluding hydrogens is 426 g/mol. The molecule has 4 atom stereocenters. The van der Waals surface area contributed by atoms with Gasteiger partial charge in [-0.3, -0.25) is 4.79 Å². The number of carbonyl (C=O) groups excluding carboxylic acids is 1. The lowest BCUT2D eigenvalue weighted by Crippen LogP contribution is -2.34. The van der Waals surface area contributed by atoms with E-state index in [0.29, 0.717) is 12.3 Å². The molecule has 1 heterocycles. The van der Waals surface area contributed by atoms with Gasteiger partial charge >= 0.3 is 5.97 Å². The Kier molecular flexibility index (Phi) is 12.3. The second kappa shape index (κ2) is 15.2. The van der Waals surface area contributed by atoms with Gasteiger partial charge in [0.1, 0.15) is 6.10 Å². The second-order valence-corrected chi connectivity index (χ2v) is 11.9. The molecule has 0 bridgehead atoms. The van der Waals surface area contributed by atoms with E-state index < -0.39 is 0 Å². The van der Waals surface area contributed by atoms with Crippen molar-refractivity contribution < 1.29 is 9.53 Å². The molecule has 0 aliphatic heterocycles. The molecule has 1 aromatic heterocycles. The van der Waals surface area contributed by atoms with Crippen molar-refractivity contribution in [3.63, 3.8) is 0 Å². The van der Waals surface area contributed by atoms with E-state index in [1.165, 1.54) is 99.8 Å². The zero-order chi connectivity index (χ0) is 23.3. The number of hydrogen-bond donors (Lipinski definition) is 0. The molecular formula is C29H49NO2S. The molecule has 0 amide bonds. The van der Waals surface area contributed by atoms with Crippen LogP contribution in [-0.4, -0.2) is 17.1 Å². The topological polar surface area (TPSA) is 39.2 Å². The van der Waals surface area contributed by atoms with Crippen LogP contribution in [0.1, 0.15) is 145 Å². The smallest absolute Gasteiger partial charge is 0.306 e. The molecule has 0 saturated heterocycles. The van der Waals surface area contributed by atoms with Crippen LogP contribution in [0.15, 0.2) is 6.20 Å². The monoisotopic (exact) mass is 475 g/mol. The van der Waals surface area contributed by atoms with E-state index in [4.69, 9.17) is 9.72 Å². The Balaban J connectivity index is 1.33. The van der Waals surface area contributed by atoms with Crippen LogP contribution < -0.4 is 0 Å². The summed E-state index contributed by atoms with van der Waals surface area (Å²) >= 11 is 1.99. The molecule has 3 nitrogen and oxygen atoms in total. The van der Waals surface area contributed by atoms with E-state index in [1.807, 2.05) is 11.3 Å². The van der Waals surface area contributed by atoms with E-state index in [9.17, 15) is 4.79 Å². The number of thiazole rings is 1. The zero-order valence-corrected chi connectivity index (χ0v) is 22.3. The minimum atomic E-state index is 0.0430. The molecule has 2 aliphatic carbocycles. The molecule has 2 aliphatic rings. The fraction of sp³-hybridized carbons (Fsp3) is 0.862. The molecule has 4 heteroatoms. The van der Waals surface area contributed by atoms with Crippen LogP contribution in [0.4, 0.5) is 0 Å². The summed E-state index contributed by atoms with van der Waals surface area (Å²) in [6.45, 7) is 4.49. The summed E-state index contributed by atoms with van der Waals surface area (Å²) in [6.07, 6.45) is 25.6. The molecule has 2 saturated carbocycles. The SMILES string of the molecule is CCCCCCCCCc1ncc(C2CCC3CC(OC(=O)CCCCCC)CCC3C2)s1. The lowest BCUT2D eigenvalue weighted by molar-refractivity contribution is -0.152. The number of esters is 1. The Morgan fingerprint density at radius 1 is 0.879 bits per heavy atom. The maximum absolute atomic E-state index is 12.2. The van der Waals surface area contributed by atoms with Crippen molar-refractivity contribution in [2.24, 2.45) is 11.8 Å². The fourth-order valence-corrected chi connectivity index (χ4v) is 7.12. The van der Waals surface area contributed by atoms with E-state index in [2.05, 4.69) is 20.0 Å². The predicted molar refractivity (Wildman–Crippen MR) is 140 cm³/mol. The molecule has 0 aromatic carbocycles. The van der Waals surface area contributed by atoms with E-state index >= 15 is 0 Å². The number of fused-ring (bicyclic) bond motifs is 1. The molecule has 33 heavy (non-hydrogen) atoms. The third-order valence-corrected chi connectivity index (χ3v) is 9.29. The average Bonchev–Trinajstić information content (AvgIpc) is 3.30. The van der Waals surface area contributed by atoms with Gasteiger partial charge in [-0.05, 0) is 75.5 Å². The minimum Gasteiger partial charge on any atom is -0.462 e. The van der Waals surface area contributed by atoms with Crippen molar-refractivity contribution >= 4 is 17.3 Å². The van der Waals surface area contributed by atoms with E-state index in [0.717, 1.165) is 37.5 Å². The van der Waals surface area contributed by atoms with Crippen molar-refractivity contribution in [1.82, 2.24) is 4.98 Å². The Morgan fingerprint density at radius 3 is 2.33 bits per heavy atom. The third-order valence-electron chi connectivity index (χ3n) is 8.07. The molecule has 4 unspecified atom stereocenters. The van der Waals surface area contributed by atoms with Crippen LogP contribution in [-0.2, 0) is 16.0 Å². The van der Waals surface area contributed by atoms with E-state index in [1.54, 1.807) is 0 Å². The largest absolute Gasteiger partial charge is 0.462 e. The van der Waals surface area contributed by atoms with Gasteiger partial charge < -0.3 is 4.74 Å². The first kappa shape index (κ1) is 26.7. The third kappa shape index (κ3) is 9.34. The lowest BCUT2D eigenvalue weighted by Gasteiger charge is -2.41. The molecule has 0 radical (unpaired) electrons. The molecule has 0 N–H and O–H groups in total. The van der Waals surface area contributed by atoms with Crippen LogP contribution in [0.5, 0.6) is 0 Å². The van der Waals surface area contributed by atoms with Crippen LogP contribution in [0.25, 0.3) is 0 Å². The lowest BCUT2D eigenvalue weighted by atomic mass is 9.66. The van der Waals surface area contributed by atoms with E-state index in [-0.39, 0.29) is 12.1 Å². The van der Waals surface area contributed by atoms with Crippen molar-refractivity contribution in [1.29, 1.82) is 0 Å². The maximum Gasteiger partial charge on any atom is 0.306 e. The number of unbranched alkanes of at least 4 members (excludes halogenated alkanes) is 9. The summed E-state index contributed by atoms with van der Waals surface area (Å²) in [5.41, 5.74) is 0. The van der Waals surface area contributed by atoms with Crippen molar-refractivity contribution in [3.05, 3.63) is 16.1 Å². The molecule has 0 spiro atoms. The van der Waals surface area contributed by atoms with Crippen molar-refractivity contribution in [2.45, 2.75) is 148 Å². The first-order valence-electron chi connectivity index (χ1n) is 14.3. The van der Waals surface area contributed by atoms with Gasteiger partial charge in [-0.1, -0.05) is 71.6 Å². The van der Waals surface area contributed by atoms with Gasteiger partial charge in [-0.25, -0.2) is 4.98 Å². The molecule has 3 rings (SSSR count). The van der Waals surface area contributed by atoms with Gasteiger partial charge in [0.05, 0.1) is 5.01 Å². The maximum atomic E-state index is 12.2. The number of nitrogens with zero attached hydrogens (tertiary/aromatic N) is 1. The van der Waals surface area contributed by atoms with Gasteiger partial charge in [0, 0.05) is 17.5 Å². The van der Waals surface area contributed by atoms with Crippen LogP contribution in [0.3, 0.4) is 0 Å². The van der Waals surface area contributed by atoms with Gasteiger partial charge in [0.25, 0.3) is 0 Å². The highest BCUT2D eigenvalue weighted by Gasteiger charge is 2.37. The summed E-state index contributed by atoms with van der Waals surface area (Å²) < 4.78 is 5.86. The van der Waals surface area contributed by atoms with Gasteiger partial charge in [-0.2, -0.15) is 0 Å². The number of rotatable bonds is 15. The quantitative estimate of drug-likeness (QED) is 0.188. The van der Waals surface area contributed by atoms with Crippen molar-refractivity contribution in [3.8, 4) is 0 Å². The summed E-state index contributed by atoms with van der Waals surface area (Å²) in [5, 5.41) is 1.36. The Bertz CT molecular complexity index is 672. The summed E-state index contributed by atoms with van der Waals surface area (Å²) in [7, 11) is 0. The average molecular weight is 476 g/mol. The molecule has 188 valence electrons. The first-order valence-corrected chi connectivity index (χ1v) is 15.1. The van der Waals surface area contributed by atoms with Gasteiger partial charge in [0.15, 0.2) is 0 Å². The van der Waals surface area contributed by atoms with Gasteiger partial charge in [0.2, 0.25) is 0 Å². The number of aryl methyl sites for hydroxylation is 1. The van der Waals surface area contributed by atoms with Crippen LogP contribution in [0, 0.1) is 11.8 Å². The zero-order valence-electron chi connectivity index (χ0n) is 21.5. The first-order chi connectivity index (χ1) is 16.2. The number of ether oxygens (including phenoxy) is 1. The Labute approximate surface area is 207 Å². The second-order valence-electron chi connectivity index (χ2n) is 10.8.